The van der Waals surface area contributed by atoms with E-state index in [1.54, 1.807) is 0 Å². The Morgan fingerprint density at radius 1 is 0.317 bits per heavy atom. The van der Waals surface area contributed by atoms with Gasteiger partial charge in [0.05, 0.1) is 59.1 Å². The van der Waals surface area contributed by atoms with Crippen LogP contribution in [0.2, 0.25) is 0 Å². The third-order valence-corrected chi connectivity index (χ3v) is 8.80. The summed E-state index contributed by atoms with van der Waals surface area (Å²) in [7, 11) is 0. The molecule has 0 aliphatic carbocycles. The maximum absolute atomic E-state index is 10.2. The zero-order valence-corrected chi connectivity index (χ0v) is 29.9. The molecule has 0 bridgehead atoms. The van der Waals surface area contributed by atoms with Crippen molar-refractivity contribution in [3.63, 3.8) is 0 Å². The van der Waals surface area contributed by atoms with Crippen molar-refractivity contribution < 1.29 is 57.9 Å². The van der Waals surface area contributed by atoms with Crippen LogP contribution in [0.3, 0.4) is 0 Å². The lowest BCUT2D eigenvalue weighted by molar-refractivity contribution is 0.673. The first-order chi connectivity index (χ1) is 46.0. The molecule has 0 aliphatic rings. The van der Waals surface area contributed by atoms with Crippen molar-refractivity contribution in [1.82, 2.24) is 0 Å². The van der Waals surface area contributed by atoms with Crippen LogP contribution in [0, 0.1) is 0 Å². The van der Waals surface area contributed by atoms with E-state index in [1.807, 2.05) is 0 Å². The largest absolute Gasteiger partial charge is 0.453 e. The monoisotopic (exact) mass is 805 g/mol. The number of hydrogen-bond acceptors (Lipinski definition) is 2. The molecular weight excluding hydrogens is 727 g/mol. The topological polar surface area (TPSA) is 16.4 Å². The summed E-state index contributed by atoms with van der Waals surface area (Å²) in [5.41, 5.74) is -15.7. The normalized spacial score (nSPS) is 20.4. The maximum Gasteiger partial charge on any atom is 0.160 e. The minimum atomic E-state index is -1.45. The van der Waals surface area contributed by atoms with E-state index in [0.29, 0.717) is 0 Å². The zero-order valence-electron chi connectivity index (χ0n) is 68.9. The molecule has 2 heteroatoms. The first-order valence-electron chi connectivity index (χ1n) is 36.8. The Labute approximate surface area is 404 Å². The van der Waals surface area contributed by atoms with Gasteiger partial charge < -0.3 is 9.32 Å². The number of fused-ring (bicyclic) bond motifs is 5. The Morgan fingerprint density at radius 3 is 1.33 bits per heavy atom. The van der Waals surface area contributed by atoms with Gasteiger partial charge in [0.25, 0.3) is 0 Å². The Bertz CT molecular complexity index is 5310. The Balaban J connectivity index is 1.39. The highest BCUT2D eigenvalue weighted by molar-refractivity contribution is 6.22. The van der Waals surface area contributed by atoms with Gasteiger partial charge in [-0.15, -0.1) is 0 Å². The first kappa shape index (κ1) is 13.3. The van der Waals surface area contributed by atoms with E-state index < -0.39 is 341 Å². The molecule has 11 aromatic rings. The van der Waals surface area contributed by atoms with E-state index in [-0.39, 0.29) is 4.90 Å². The number of furan rings is 1. The molecule has 1 aromatic heterocycles. The summed E-state index contributed by atoms with van der Waals surface area (Å²) in [5.74, 6) is 0. The molecule has 0 atom stereocenters. The second-order valence-corrected chi connectivity index (χ2v) is 12.3. The molecule has 11 rings (SSSR count). The van der Waals surface area contributed by atoms with Crippen molar-refractivity contribution in [1.29, 1.82) is 0 Å². The smallest absolute Gasteiger partial charge is 0.160 e. The summed E-state index contributed by atoms with van der Waals surface area (Å²) >= 11 is 0. The molecular formula is C58H39NO. The minimum absolute atomic E-state index is 0.259. The number of hydrogen-bond donors (Lipinski definition) is 0. The van der Waals surface area contributed by atoms with Crippen molar-refractivity contribution in [3.8, 4) is 55.6 Å². The highest BCUT2D eigenvalue weighted by Gasteiger charge is 2.23. The van der Waals surface area contributed by atoms with E-state index in [4.69, 9.17) is 31.8 Å². The minimum Gasteiger partial charge on any atom is -0.453 e. The lowest BCUT2D eigenvalue weighted by Crippen LogP contribution is -2.10. The SMILES string of the molecule is [2H]c1c([2H])c([2H])c(-c2c([2H])c([2H])c(-c3c([2H])c([2H])c([2H])c(-c4c([2H])c([2H])c(N(c5c([2H])c([2H])c(-c6c([2H])c([2H])c([2H])c([2H])c6[2H])c([2H])c5[2H])c5c([2H])c([2H])c(-c6c([2H])c([2H])c([2H])c([2H])c6[2H])c([2H])c5[2H])c5oc6c7c([2H])c([2H])c([2H])c([2H])c7c([2H])c([2H])c6c45)c3[2H])c([2H])c2[2H])c([2H])c1[2H]. The molecule has 10 aromatic carbocycles. The van der Waals surface area contributed by atoms with Crippen molar-refractivity contribution in [2.75, 3.05) is 4.90 Å². The van der Waals surface area contributed by atoms with E-state index in [0.717, 1.165) is 0 Å². The van der Waals surface area contributed by atoms with Gasteiger partial charge in [0.1, 0.15) is 5.58 Å². The summed E-state index contributed by atoms with van der Waals surface area (Å²) in [6, 6.07) is -44.4. The van der Waals surface area contributed by atoms with Crippen molar-refractivity contribution in [3.05, 3.63) is 236 Å². The van der Waals surface area contributed by atoms with Gasteiger partial charge in [-0.2, -0.15) is 0 Å². The molecule has 0 radical (unpaired) electrons. The van der Waals surface area contributed by atoms with Crippen LogP contribution in [-0.2, 0) is 0 Å². The molecule has 0 aliphatic heterocycles. The van der Waals surface area contributed by atoms with Gasteiger partial charge >= 0.3 is 0 Å². The Kier molecular flexibility index (Phi) is 3.34. The average molecular weight is 805 g/mol. The highest BCUT2D eigenvalue weighted by Crippen LogP contribution is 2.47. The standard InChI is InChI=1S/C58H39NO/c1-4-13-40(14-5-1)43-23-25-46(26-24-43)48-20-12-21-49(39-48)52-37-38-55(58-56(52)54-36-31-47-19-10-11-22-53(47)57(54)60-58)59(50-32-27-44(28-33-50)41-15-6-2-7-16-41)51-34-29-45(30-35-51)42-17-8-3-9-18-42/h1-39H/i1D,2D,3D,4D,5D,6D,7D,8D,9D,10D,11D,12D,13D,14D,15D,16D,17D,18D,19D,20D,21D,22D,23D,24D,25D,26D,27D,28D,29D,30D,31D,32D,33D,34D,35D,36D,37D,38D,39D. The fraction of sp³-hybridized carbons (Fsp3) is 0. The van der Waals surface area contributed by atoms with Crippen LogP contribution in [0.15, 0.2) is 240 Å². The molecule has 1 heterocycles. The van der Waals surface area contributed by atoms with Crippen molar-refractivity contribution >= 4 is 49.8 Å². The molecule has 0 N–H and O–H groups in total. The lowest BCUT2D eigenvalue weighted by Gasteiger charge is -2.26. The zero-order chi connectivity index (χ0) is 73.8. The van der Waals surface area contributed by atoms with Gasteiger partial charge in [0.15, 0.2) is 5.58 Å². The first-order valence-corrected chi connectivity index (χ1v) is 17.3. The predicted molar refractivity (Wildman–Crippen MR) is 253 cm³/mol. The lowest BCUT2D eigenvalue weighted by atomic mass is 9.94. The Morgan fingerprint density at radius 2 is 0.767 bits per heavy atom. The molecule has 0 unspecified atom stereocenters. The van der Waals surface area contributed by atoms with Crippen LogP contribution in [0.5, 0.6) is 0 Å². The highest BCUT2D eigenvalue weighted by atomic mass is 16.3. The number of nitrogens with zero attached hydrogens (tertiary/aromatic N) is 1. The summed E-state index contributed by atoms with van der Waals surface area (Å²) in [5, 5.41) is -3.33. The third kappa shape index (κ3) is 6.41. The molecule has 60 heavy (non-hydrogen) atoms. The molecule has 0 spiro atoms. The van der Waals surface area contributed by atoms with E-state index in [9.17, 15) is 26.0 Å². The van der Waals surface area contributed by atoms with E-state index in [2.05, 4.69) is 0 Å². The van der Waals surface area contributed by atoms with Crippen LogP contribution >= 0.6 is 0 Å². The van der Waals surface area contributed by atoms with Crippen molar-refractivity contribution in [2.24, 2.45) is 0 Å². The molecule has 2 nitrogen and oxygen atoms in total. The Hall–Kier alpha value is -7.94. The summed E-state index contributed by atoms with van der Waals surface area (Å²) < 4.78 is 360. The van der Waals surface area contributed by atoms with Gasteiger partial charge in [0.2, 0.25) is 0 Å². The predicted octanol–water partition coefficient (Wildman–Crippen LogP) is 16.5. The quantitative estimate of drug-likeness (QED) is 0.152. The van der Waals surface area contributed by atoms with Crippen LogP contribution in [-0.4, -0.2) is 0 Å². The van der Waals surface area contributed by atoms with E-state index in [1.165, 1.54) is 0 Å². The van der Waals surface area contributed by atoms with E-state index >= 15 is 0 Å². The van der Waals surface area contributed by atoms with Gasteiger partial charge in [-0.05, 0) is 103 Å². The fourth-order valence-electron chi connectivity index (χ4n) is 6.12. The summed E-state index contributed by atoms with van der Waals surface area (Å²) in [6.07, 6.45) is 0. The second kappa shape index (κ2) is 15.1. The van der Waals surface area contributed by atoms with Crippen LogP contribution in [0.25, 0.3) is 88.3 Å². The molecule has 0 fully saturated rings. The second-order valence-electron chi connectivity index (χ2n) is 12.3. The fourth-order valence-corrected chi connectivity index (χ4v) is 6.12. The molecule has 0 saturated heterocycles. The van der Waals surface area contributed by atoms with Crippen LogP contribution in [0.4, 0.5) is 17.1 Å². The third-order valence-electron chi connectivity index (χ3n) is 8.80. The van der Waals surface area contributed by atoms with Crippen LogP contribution in [0.1, 0.15) is 53.5 Å². The number of benzene rings is 10. The average Bonchev–Trinajstić information content (AvgIpc) is 1.61. The van der Waals surface area contributed by atoms with Gasteiger partial charge in [0, 0.05) is 27.5 Å². The summed E-state index contributed by atoms with van der Waals surface area (Å²) in [4.78, 5) is 0.259. The molecule has 282 valence electrons. The van der Waals surface area contributed by atoms with Crippen LogP contribution < -0.4 is 4.90 Å². The van der Waals surface area contributed by atoms with Crippen molar-refractivity contribution in [2.45, 2.75) is 0 Å². The van der Waals surface area contributed by atoms with Gasteiger partial charge in [-0.25, -0.2) is 0 Å². The van der Waals surface area contributed by atoms with Gasteiger partial charge in [-0.1, -0.05) is 193 Å². The molecule has 0 saturated carbocycles. The number of rotatable bonds is 8. The summed E-state index contributed by atoms with van der Waals surface area (Å²) in [6.45, 7) is 0. The maximum atomic E-state index is 10.2. The number of anilines is 3. The molecule has 0 amide bonds. The van der Waals surface area contributed by atoms with Gasteiger partial charge in [-0.3, -0.25) is 0 Å².